The number of amides is 1. The van der Waals surface area contributed by atoms with Gasteiger partial charge in [0.1, 0.15) is 5.75 Å². The van der Waals surface area contributed by atoms with E-state index in [0.717, 1.165) is 0 Å². The van der Waals surface area contributed by atoms with Crippen LogP contribution in [0.25, 0.3) is 0 Å². The van der Waals surface area contributed by atoms with Crippen molar-refractivity contribution < 1.29 is 17.9 Å². The second-order valence-corrected chi connectivity index (χ2v) is 4.76. The summed E-state index contributed by atoms with van der Waals surface area (Å²) in [6.07, 6.45) is 0. The van der Waals surface area contributed by atoms with Gasteiger partial charge in [-0.15, -0.1) is 0 Å². The molecule has 1 aromatic carbocycles. The van der Waals surface area contributed by atoms with E-state index in [-0.39, 0.29) is 11.5 Å². The first-order chi connectivity index (χ1) is 7.30. The van der Waals surface area contributed by atoms with Crippen LogP contribution >= 0.6 is 0 Å². The molecule has 0 unspecified atom stereocenters. The molecule has 7 heteroatoms. The van der Waals surface area contributed by atoms with Gasteiger partial charge < -0.3 is 10.5 Å². The summed E-state index contributed by atoms with van der Waals surface area (Å²) in [5, 5.41) is 4.99. The largest absolute Gasteiger partial charge is 0.484 e. The van der Waals surface area contributed by atoms with Gasteiger partial charge >= 0.3 is 0 Å². The van der Waals surface area contributed by atoms with Crippen LogP contribution in [-0.2, 0) is 14.8 Å². The Kier molecular flexibility index (Phi) is 3.51. The highest BCUT2D eigenvalue weighted by Crippen LogP contribution is 2.19. The van der Waals surface area contributed by atoms with E-state index >= 15 is 0 Å². The molecule has 0 fully saturated rings. The number of primary sulfonamides is 1. The zero-order valence-electron chi connectivity index (χ0n) is 8.64. The molecule has 0 atom stereocenters. The summed E-state index contributed by atoms with van der Waals surface area (Å²) in [6.45, 7) is 1.32. The Balaban J connectivity index is 2.96. The number of carbonyl (C=O) groups is 1. The Labute approximate surface area is 93.2 Å². The molecule has 0 spiro atoms. The SMILES string of the molecule is Cc1cc(OCC(N)=O)ccc1S(N)(=O)=O. The zero-order chi connectivity index (χ0) is 12.3. The third-order valence-corrected chi connectivity index (χ3v) is 2.91. The number of hydrogen-bond donors (Lipinski definition) is 2. The lowest BCUT2D eigenvalue weighted by atomic mass is 10.2. The maximum atomic E-state index is 11.1. The Morgan fingerprint density at radius 2 is 2.06 bits per heavy atom. The Hall–Kier alpha value is -1.60. The summed E-state index contributed by atoms with van der Waals surface area (Å²) >= 11 is 0. The zero-order valence-corrected chi connectivity index (χ0v) is 9.45. The van der Waals surface area contributed by atoms with Crippen molar-refractivity contribution in [3.63, 3.8) is 0 Å². The molecular weight excluding hydrogens is 232 g/mol. The number of primary amides is 1. The van der Waals surface area contributed by atoms with Crippen LogP contribution in [0.4, 0.5) is 0 Å². The number of ether oxygens (including phenoxy) is 1. The molecule has 0 saturated carbocycles. The second kappa shape index (κ2) is 4.50. The predicted molar refractivity (Wildman–Crippen MR) is 57.2 cm³/mol. The van der Waals surface area contributed by atoms with Gasteiger partial charge in [-0.25, -0.2) is 13.6 Å². The molecule has 4 N–H and O–H groups in total. The number of nitrogens with two attached hydrogens (primary N) is 2. The summed E-state index contributed by atoms with van der Waals surface area (Å²) in [6, 6.07) is 4.21. The maximum absolute atomic E-state index is 11.1. The maximum Gasteiger partial charge on any atom is 0.255 e. The molecule has 0 aromatic heterocycles. The molecule has 0 heterocycles. The summed E-state index contributed by atoms with van der Waals surface area (Å²) < 4.78 is 27.2. The molecule has 1 rings (SSSR count). The lowest BCUT2D eigenvalue weighted by Crippen LogP contribution is -2.20. The van der Waals surface area contributed by atoms with Crippen molar-refractivity contribution in [1.29, 1.82) is 0 Å². The number of carbonyl (C=O) groups excluding carboxylic acids is 1. The van der Waals surface area contributed by atoms with Gasteiger partial charge in [-0.2, -0.15) is 0 Å². The Morgan fingerprint density at radius 3 is 2.50 bits per heavy atom. The van der Waals surface area contributed by atoms with Crippen molar-refractivity contribution in [2.75, 3.05) is 6.61 Å². The van der Waals surface area contributed by atoms with Gasteiger partial charge in [-0.3, -0.25) is 4.79 Å². The van der Waals surface area contributed by atoms with E-state index in [1.165, 1.54) is 18.2 Å². The molecule has 88 valence electrons. The van der Waals surface area contributed by atoms with Crippen LogP contribution in [0.3, 0.4) is 0 Å². The van der Waals surface area contributed by atoms with Crippen LogP contribution in [0.15, 0.2) is 23.1 Å². The van der Waals surface area contributed by atoms with Gasteiger partial charge in [0.15, 0.2) is 6.61 Å². The molecular formula is C9H12N2O4S. The second-order valence-electron chi connectivity index (χ2n) is 3.23. The fourth-order valence-corrected chi connectivity index (χ4v) is 1.95. The lowest BCUT2D eigenvalue weighted by molar-refractivity contribution is -0.119. The van der Waals surface area contributed by atoms with E-state index in [2.05, 4.69) is 0 Å². The minimum absolute atomic E-state index is 0.0268. The van der Waals surface area contributed by atoms with E-state index in [0.29, 0.717) is 11.3 Å². The quantitative estimate of drug-likeness (QED) is 0.743. The van der Waals surface area contributed by atoms with Crippen LogP contribution < -0.4 is 15.6 Å². The van der Waals surface area contributed by atoms with Gasteiger partial charge in [-0.1, -0.05) is 0 Å². The molecule has 0 bridgehead atoms. The van der Waals surface area contributed by atoms with E-state index in [1.54, 1.807) is 6.92 Å². The van der Waals surface area contributed by atoms with E-state index in [9.17, 15) is 13.2 Å². The topological polar surface area (TPSA) is 112 Å². The number of rotatable bonds is 4. The smallest absolute Gasteiger partial charge is 0.255 e. The summed E-state index contributed by atoms with van der Waals surface area (Å²) in [7, 11) is -3.73. The first kappa shape index (κ1) is 12.5. The van der Waals surface area contributed by atoms with Crippen molar-refractivity contribution in [1.82, 2.24) is 0 Å². The van der Waals surface area contributed by atoms with Gasteiger partial charge in [0.05, 0.1) is 4.90 Å². The van der Waals surface area contributed by atoms with Crippen molar-refractivity contribution in [3.05, 3.63) is 23.8 Å². The Bertz CT molecular complexity index is 510. The van der Waals surface area contributed by atoms with Crippen molar-refractivity contribution >= 4 is 15.9 Å². The standard InChI is InChI=1S/C9H12N2O4S/c1-6-4-7(15-5-9(10)12)2-3-8(6)16(11,13)14/h2-4H,5H2,1H3,(H2,10,12)(H2,11,13,14). The van der Waals surface area contributed by atoms with Crippen LogP contribution in [0.1, 0.15) is 5.56 Å². The predicted octanol–water partition coefficient (Wildman–Crippen LogP) is -0.493. The van der Waals surface area contributed by atoms with E-state index < -0.39 is 15.9 Å². The highest BCUT2D eigenvalue weighted by molar-refractivity contribution is 7.89. The molecule has 0 aliphatic rings. The number of benzene rings is 1. The monoisotopic (exact) mass is 244 g/mol. The molecule has 6 nitrogen and oxygen atoms in total. The third-order valence-electron chi connectivity index (χ3n) is 1.83. The highest BCUT2D eigenvalue weighted by atomic mass is 32.2. The normalized spacial score (nSPS) is 11.1. The minimum atomic E-state index is -3.73. The van der Waals surface area contributed by atoms with Crippen molar-refractivity contribution in [2.45, 2.75) is 11.8 Å². The fourth-order valence-electron chi connectivity index (χ4n) is 1.19. The summed E-state index contributed by atoms with van der Waals surface area (Å²) in [5.74, 6) is -0.239. The van der Waals surface area contributed by atoms with Gasteiger partial charge in [0.25, 0.3) is 5.91 Å². The van der Waals surface area contributed by atoms with E-state index in [1.807, 2.05) is 0 Å². The molecule has 0 aliphatic heterocycles. The van der Waals surface area contributed by atoms with Crippen molar-refractivity contribution in [2.24, 2.45) is 10.9 Å². The van der Waals surface area contributed by atoms with Gasteiger partial charge in [0.2, 0.25) is 10.0 Å². The van der Waals surface area contributed by atoms with E-state index in [4.69, 9.17) is 15.6 Å². The van der Waals surface area contributed by atoms with Gasteiger partial charge in [-0.05, 0) is 30.7 Å². The summed E-state index contributed by atoms with van der Waals surface area (Å²) in [5.41, 5.74) is 5.35. The van der Waals surface area contributed by atoms with Crippen LogP contribution in [-0.4, -0.2) is 20.9 Å². The first-order valence-corrected chi connectivity index (χ1v) is 5.90. The number of aryl methyl sites for hydroxylation is 1. The molecule has 0 aliphatic carbocycles. The molecule has 16 heavy (non-hydrogen) atoms. The van der Waals surface area contributed by atoms with Gasteiger partial charge in [0, 0.05) is 0 Å². The fraction of sp³-hybridized carbons (Fsp3) is 0.222. The van der Waals surface area contributed by atoms with Crippen LogP contribution in [0.5, 0.6) is 5.75 Å². The molecule has 1 aromatic rings. The average molecular weight is 244 g/mol. The molecule has 0 saturated heterocycles. The third kappa shape index (κ3) is 3.21. The first-order valence-electron chi connectivity index (χ1n) is 4.35. The summed E-state index contributed by atoms with van der Waals surface area (Å²) in [4.78, 5) is 10.5. The minimum Gasteiger partial charge on any atom is -0.484 e. The molecule has 0 radical (unpaired) electrons. The number of hydrogen-bond acceptors (Lipinski definition) is 4. The number of sulfonamides is 1. The van der Waals surface area contributed by atoms with Crippen molar-refractivity contribution in [3.8, 4) is 5.75 Å². The Morgan fingerprint density at radius 1 is 1.44 bits per heavy atom. The van der Waals surface area contributed by atoms with Crippen LogP contribution in [0.2, 0.25) is 0 Å². The molecule has 1 amide bonds. The average Bonchev–Trinajstić information content (AvgIpc) is 2.12. The lowest BCUT2D eigenvalue weighted by Gasteiger charge is -2.07. The van der Waals surface area contributed by atoms with Crippen LogP contribution in [0, 0.1) is 6.92 Å². The highest BCUT2D eigenvalue weighted by Gasteiger charge is 2.11.